The van der Waals surface area contributed by atoms with Crippen molar-refractivity contribution in [2.45, 2.75) is 6.23 Å². The molecule has 9 aromatic carbocycles. The van der Waals surface area contributed by atoms with Gasteiger partial charge >= 0.3 is 0 Å². The van der Waals surface area contributed by atoms with E-state index in [4.69, 9.17) is 13.6 Å². The van der Waals surface area contributed by atoms with E-state index in [1.54, 1.807) is 0 Å². The summed E-state index contributed by atoms with van der Waals surface area (Å²) in [5, 5.41) is 12.7. The zero-order valence-electron chi connectivity index (χ0n) is 30.1. The summed E-state index contributed by atoms with van der Waals surface area (Å²) in [4.78, 5) is 2.27. The monoisotopic (exact) mass is 720 g/mol. The van der Waals surface area contributed by atoms with Crippen molar-refractivity contribution in [3.63, 3.8) is 0 Å². The van der Waals surface area contributed by atoms with Crippen molar-refractivity contribution < 1.29 is 13.6 Å². The Labute approximate surface area is 321 Å². The Morgan fingerprint density at radius 2 is 0.875 bits per heavy atom. The fraction of sp³-hybridized carbons (Fsp3) is 0.0196. The lowest BCUT2D eigenvalue weighted by Crippen LogP contribution is -2.09. The van der Waals surface area contributed by atoms with E-state index in [1.165, 1.54) is 10.8 Å². The standard InChI is InChI=1S/C51H32N2O3/c1-2-10-32(11-3-1)51-52-49-43-15-5-4-12-37(43)38-25-20-33(28-44(38)50(49)56-51)31-18-21-34(22-19-31)53(35-23-26-41-39-13-6-8-16-45(39)54-47(41)29-35)36-24-27-42-40-14-7-9-17-46(40)55-48(42)30-36/h1-30,51-52H. The van der Waals surface area contributed by atoms with Crippen LogP contribution in [0.25, 0.3) is 76.5 Å². The van der Waals surface area contributed by atoms with Crippen LogP contribution in [0.3, 0.4) is 0 Å². The van der Waals surface area contributed by atoms with Gasteiger partial charge in [0.15, 0.2) is 12.0 Å². The van der Waals surface area contributed by atoms with Crippen LogP contribution < -0.4 is 15.0 Å². The maximum absolute atomic E-state index is 6.72. The molecule has 5 nitrogen and oxygen atoms in total. The number of nitrogens with one attached hydrogen (secondary N) is 1. The van der Waals surface area contributed by atoms with Gasteiger partial charge in [-0.05, 0) is 76.5 Å². The Bertz CT molecular complexity index is 3210. The zero-order valence-corrected chi connectivity index (χ0v) is 30.1. The van der Waals surface area contributed by atoms with Gasteiger partial charge in [-0.1, -0.05) is 115 Å². The summed E-state index contributed by atoms with van der Waals surface area (Å²) in [6.07, 6.45) is -0.258. The summed E-state index contributed by atoms with van der Waals surface area (Å²) in [7, 11) is 0. The van der Waals surface area contributed by atoms with Gasteiger partial charge in [0.25, 0.3) is 0 Å². The smallest absolute Gasteiger partial charge is 0.196 e. The van der Waals surface area contributed by atoms with Crippen LogP contribution in [0.2, 0.25) is 0 Å². The normalized spacial score (nSPS) is 13.8. The van der Waals surface area contributed by atoms with E-state index >= 15 is 0 Å². The molecule has 2 aromatic heterocycles. The lowest BCUT2D eigenvalue weighted by Gasteiger charge is -2.25. The van der Waals surface area contributed by atoms with Crippen molar-refractivity contribution in [1.29, 1.82) is 0 Å². The van der Waals surface area contributed by atoms with Crippen molar-refractivity contribution in [2.75, 3.05) is 10.2 Å². The molecular weight excluding hydrogens is 689 g/mol. The van der Waals surface area contributed by atoms with Crippen LogP contribution in [0, 0.1) is 0 Å². The van der Waals surface area contributed by atoms with Crippen molar-refractivity contribution in [3.05, 3.63) is 188 Å². The highest BCUT2D eigenvalue weighted by Crippen LogP contribution is 2.49. The molecule has 11 aromatic rings. The maximum atomic E-state index is 6.72. The van der Waals surface area contributed by atoms with Crippen LogP contribution in [0.1, 0.15) is 11.8 Å². The Morgan fingerprint density at radius 3 is 1.54 bits per heavy atom. The number of rotatable bonds is 5. The number of para-hydroxylation sites is 2. The number of ether oxygens (including phenoxy) is 1. The van der Waals surface area contributed by atoms with Gasteiger partial charge in [-0.25, -0.2) is 0 Å². The highest BCUT2D eigenvalue weighted by Gasteiger charge is 2.28. The number of furan rings is 2. The molecule has 0 saturated carbocycles. The van der Waals surface area contributed by atoms with Crippen molar-refractivity contribution in [2.24, 2.45) is 0 Å². The van der Waals surface area contributed by atoms with Crippen molar-refractivity contribution >= 4 is 88.2 Å². The Balaban J connectivity index is 0.977. The second-order valence-corrected chi connectivity index (χ2v) is 14.5. The van der Waals surface area contributed by atoms with Crippen LogP contribution in [0.5, 0.6) is 5.75 Å². The molecule has 1 unspecified atom stereocenters. The van der Waals surface area contributed by atoms with E-state index in [0.29, 0.717) is 0 Å². The Morgan fingerprint density at radius 1 is 0.375 bits per heavy atom. The Hall–Kier alpha value is -7.50. The Kier molecular flexibility index (Phi) is 6.63. The van der Waals surface area contributed by atoms with E-state index in [0.717, 1.165) is 99.8 Å². The topological polar surface area (TPSA) is 50.8 Å². The third-order valence-electron chi connectivity index (χ3n) is 11.3. The van der Waals surface area contributed by atoms with Gasteiger partial charge in [0.05, 0.1) is 5.69 Å². The quantitative estimate of drug-likeness (QED) is 0.179. The SMILES string of the molecule is c1ccc(C2Nc3c(c4cc(-c5ccc(N(c6ccc7c(c6)oc6ccccc67)c6ccc7c(c6)oc6ccccc67)cc5)ccc4c4ccccc34)O2)cc1. The fourth-order valence-electron chi connectivity index (χ4n) is 8.62. The van der Waals surface area contributed by atoms with Crippen LogP contribution in [0.4, 0.5) is 22.7 Å². The lowest BCUT2D eigenvalue weighted by atomic mass is 9.95. The summed E-state index contributed by atoms with van der Waals surface area (Å²) >= 11 is 0. The molecule has 0 radical (unpaired) electrons. The second-order valence-electron chi connectivity index (χ2n) is 14.5. The molecule has 0 amide bonds. The summed E-state index contributed by atoms with van der Waals surface area (Å²) in [6.45, 7) is 0. The lowest BCUT2D eigenvalue weighted by molar-refractivity contribution is 0.262. The molecule has 1 atom stereocenters. The van der Waals surface area contributed by atoms with E-state index in [2.05, 4.69) is 162 Å². The molecule has 1 N–H and O–H groups in total. The highest BCUT2D eigenvalue weighted by molar-refractivity contribution is 6.18. The van der Waals surface area contributed by atoms with Gasteiger partial charge in [-0.2, -0.15) is 0 Å². The first-order chi connectivity index (χ1) is 27.7. The molecule has 0 spiro atoms. The predicted molar refractivity (Wildman–Crippen MR) is 230 cm³/mol. The molecule has 0 aliphatic carbocycles. The van der Waals surface area contributed by atoms with Gasteiger partial charge < -0.3 is 23.8 Å². The zero-order chi connectivity index (χ0) is 36.7. The molecule has 0 bridgehead atoms. The summed E-state index contributed by atoms with van der Waals surface area (Å²) in [6, 6.07) is 63.8. The molecule has 3 heterocycles. The minimum atomic E-state index is -0.258. The number of anilines is 4. The molecule has 56 heavy (non-hydrogen) atoms. The van der Waals surface area contributed by atoms with Crippen LogP contribution in [-0.4, -0.2) is 0 Å². The average molecular weight is 721 g/mol. The first kappa shape index (κ1) is 30.9. The van der Waals surface area contributed by atoms with Gasteiger partial charge in [0.2, 0.25) is 0 Å². The van der Waals surface area contributed by atoms with E-state index in [1.807, 2.05) is 30.3 Å². The average Bonchev–Trinajstić information content (AvgIpc) is 3.98. The van der Waals surface area contributed by atoms with E-state index in [-0.39, 0.29) is 6.23 Å². The summed E-state index contributed by atoms with van der Waals surface area (Å²) in [5.41, 5.74) is 10.8. The van der Waals surface area contributed by atoms with Crippen molar-refractivity contribution in [1.82, 2.24) is 0 Å². The number of hydrogen-bond acceptors (Lipinski definition) is 5. The van der Waals surface area contributed by atoms with E-state index < -0.39 is 0 Å². The van der Waals surface area contributed by atoms with Crippen LogP contribution >= 0.6 is 0 Å². The minimum Gasteiger partial charge on any atom is -0.464 e. The molecule has 1 aliphatic heterocycles. The predicted octanol–water partition coefficient (Wildman–Crippen LogP) is 14.4. The summed E-state index contributed by atoms with van der Waals surface area (Å²) < 4.78 is 19.5. The van der Waals surface area contributed by atoms with Crippen molar-refractivity contribution in [3.8, 4) is 16.9 Å². The molecule has 0 fully saturated rings. The molecule has 0 saturated heterocycles. The fourth-order valence-corrected chi connectivity index (χ4v) is 8.62. The number of nitrogens with zero attached hydrogens (tertiary/aromatic N) is 1. The number of hydrogen-bond donors (Lipinski definition) is 1. The molecule has 264 valence electrons. The third-order valence-corrected chi connectivity index (χ3v) is 11.3. The highest BCUT2D eigenvalue weighted by atomic mass is 16.5. The molecule has 1 aliphatic rings. The van der Waals surface area contributed by atoms with Crippen LogP contribution in [0.15, 0.2) is 191 Å². The first-order valence-electron chi connectivity index (χ1n) is 18.9. The molecular formula is C51H32N2O3. The van der Waals surface area contributed by atoms with Gasteiger partial charge in [-0.15, -0.1) is 0 Å². The van der Waals surface area contributed by atoms with Gasteiger partial charge in [0, 0.05) is 67.1 Å². The van der Waals surface area contributed by atoms with E-state index in [9.17, 15) is 0 Å². The third kappa shape index (κ3) is 4.74. The van der Waals surface area contributed by atoms with Crippen LogP contribution in [-0.2, 0) is 0 Å². The first-order valence-corrected chi connectivity index (χ1v) is 18.9. The van der Waals surface area contributed by atoms with Gasteiger partial charge in [-0.3, -0.25) is 0 Å². The molecule has 12 rings (SSSR count). The van der Waals surface area contributed by atoms with Gasteiger partial charge in [0.1, 0.15) is 22.3 Å². The second kappa shape index (κ2) is 12.0. The number of fused-ring (bicyclic) bond motifs is 12. The molecule has 5 heteroatoms. The largest absolute Gasteiger partial charge is 0.464 e. The minimum absolute atomic E-state index is 0.258. The number of benzene rings is 9. The summed E-state index contributed by atoms with van der Waals surface area (Å²) in [5.74, 6) is 0.888. The maximum Gasteiger partial charge on any atom is 0.196 e.